The van der Waals surface area contributed by atoms with E-state index in [9.17, 15) is 5.11 Å². The molecule has 1 heterocycles. The van der Waals surface area contributed by atoms with E-state index in [-0.39, 0.29) is 6.10 Å². The van der Waals surface area contributed by atoms with Crippen molar-refractivity contribution in [3.8, 4) is 0 Å². The minimum absolute atomic E-state index is 0.0892. The summed E-state index contributed by atoms with van der Waals surface area (Å²) in [6.45, 7) is 6.48. The number of aliphatic hydroxyl groups excluding tert-OH is 1. The van der Waals surface area contributed by atoms with Crippen molar-refractivity contribution in [2.75, 3.05) is 13.1 Å². The summed E-state index contributed by atoms with van der Waals surface area (Å²) < 4.78 is 0. The first kappa shape index (κ1) is 8.02. The average Bonchev–Trinajstić information content (AvgIpc) is 1.95. The fourth-order valence-electron chi connectivity index (χ4n) is 1.64. The summed E-state index contributed by atoms with van der Waals surface area (Å²) in [4.78, 5) is 2.33. The maximum Gasteiger partial charge on any atom is 0.0693 e. The van der Waals surface area contributed by atoms with Gasteiger partial charge in [-0.05, 0) is 32.9 Å². The van der Waals surface area contributed by atoms with Gasteiger partial charge in [-0.25, -0.2) is 0 Å². The van der Waals surface area contributed by atoms with Crippen molar-refractivity contribution in [2.45, 2.75) is 38.8 Å². The summed E-state index contributed by atoms with van der Waals surface area (Å²) in [5.74, 6) is 0. The predicted octanol–water partition coefficient (Wildman–Crippen LogP) is 0.851. The minimum atomic E-state index is -0.0892. The van der Waals surface area contributed by atoms with E-state index in [1.807, 2.05) is 0 Å². The molecule has 2 heteroatoms. The van der Waals surface area contributed by atoms with Crippen molar-refractivity contribution in [2.24, 2.45) is 0 Å². The molecule has 2 nitrogen and oxygen atoms in total. The van der Waals surface area contributed by atoms with Gasteiger partial charge in [-0.1, -0.05) is 6.92 Å². The van der Waals surface area contributed by atoms with E-state index in [4.69, 9.17) is 0 Å². The molecule has 60 valence electrons. The lowest BCUT2D eigenvalue weighted by Crippen LogP contribution is -2.45. The number of hydrogen-bond donors (Lipinski definition) is 1. The lowest BCUT2D eigenvalue weighted by molar-refractivity contribution is 0.0230. The Morgan fingerprint density at radius 1 is 1.60 bits per heavy atom. The van der Waals surface area contributed by atoms with E-state index in [2.05, 4.69) is 18.7 Å². The van der Waals surface area contributed by atoms with Gasteiger partial charge in [-0.2, -0.15) is 0 Å². The fraction of sp³-hybridized carbons (Fsp3) is 1.00. The molecular weight excluding hydrogens is 126 g/mol. The first-order valence-corrected chi connectivity index (χ1v) is 4.17. The average molecular weight is 143 g/mol. The number of aliphatic hydroxyl groups is 1. The molecule has 1 N–H and O–H groups in total. The summed E-state index contributed by atoms with van der Waals surface area (Å²) in [5.41, 5.74) is 0. The highest BCUT2D eigenvalue weighted by Crippen LogP contribution is 2.15. The number of rotatable bonds is 1. The van der Waals surface area contributed by atoms with Gasteiger partial charge in [0.05, 0.1) is 6.10 Å². The summed E-state index contributed by atoms with van der Waals surface area (Å²) >= 11 is 0. The third-order valence-corrected chi connectivity index (χ3v) is 2.48. The molecule has 0 aromatic heterocycles. The quantitative estimate of drug-likeness (QED) is 0.588. The number of likely N-dealkylation sites (N-methyl/N-ethyl adjacent to an activating group) is 1. The van der Waals surface area contributed by atoms with E-state index in [0.717, 1.165) is 25.9 Å². The normalized spacial score (nSPS) is 36.3. The second kappa shape index (κ2) is 3.35. The summed E-state index contributed by atoms with van der Waals surface area (Å²) in [6.07, 6.45) is 2.05. The van der Waals surface area contributed by atoms with Gasteiger partial charge in [-0.3, -0.25) is 4.90 Å². The van der Waals surface area contributed by atoms with Crippen LogP contribution in [0.2, 0.25) is 0 Å². The molecule has 1 rings (SSSR count). The van der Waals surface area contributed by atoms with Crippen molar-refractivity contribution in [1.82, 2.24) is 4.90 Å². The third kappa shape index (κ3) is 1.50. The van der Waals surface area contributed by atoms with Gasteiger partial charge in [0.2, 0.25) is 0 Å². The van der Waals surface area contributed by atoms with Crippen LogP contribution in [0.3, 0.4) is 0 Å². The first-order chi connectivity index (χ1) is 4.75. The van der Waals surface area contributed by atoms with Crippen LogP contribution in [0.15, 0.2) is 0 Å². The lowest BCUT2D eigenvalue weighted by atomic mass is 10.0. The van der Waals surface area contributed by atoms with Crippen molar-refractivity contribution < 1.29 is 5.11 Å². The van der Waals surface area contributed by atoms with Gasteiger partial charge >= 0.3 is 0 Å². The number of likely N-dealkylation sites (tertiary alicyclic amines) is 1. The van der Waals surface area contributed by atoms with Gasteiger partial charge in [0.15, 0.2) is 0 Å². The Hall–Kier alpha value is -0.0800. The summed E-state index contributed by atoms with van der Waals surface area (Å²) in [6, 6.07) is 0.374. The second-order valence-electron chi connectivity index (χ2n) is 3.08. The maximum atomic E-state index is 9.44. The molecule has 1 saturated heterocycles. The Bertz CT molecular complexity index is 105. The molecule has 0 bridgehead atoms. The van der Waals surface area contributed by atoms with Crippen LogP contribution in [0.4, 0.5) is 0 Å². The van der Waals surface area contributed by atoms with E-state index in [1.165, 1.54) is 0 Å². The SMILES string of the molecule is CCN1CCC[C@H](O)[C@@H]1C. The highest BCUT2D eigenvalue weighted by atomic mass is 16.3. The van der Waals surface area contributed by atoms with Gasteiger partial charge in [0, 0.05) is 6.04 Å². The Balaban J connectivity index is 2.42. The molecule has 10 heavy (non-hydrogen) atoms. The zero-order valence-electron chi connectivity index (χ0n) is 6.88. The minimum Gasteiger partial charge on any atom is -0.392 e. The van der Waals surface area contributed by atoms with Crippen molar-refractivity contribution in [3.63, 3.8) is 0 Å². The van der Waals surface area contributed by atoms with Crippen LogP contribution >= 0.6 is 0 Å². The maximum absolute atomic E-state index is 9.44. The number of hydrogen-bond acceptors (Lipinski definition) is 2. The molecule has 0 saturated carbocycles. The topological polar surface area (TPSA) is 23.5 Å². The highest BCUT2D eigenvalue weighted by molar-refractivity contribution is 4.79. The molecule has 0 aromatic rings. The third-order valence-electron chi connectivity index (χ3n) is 2.48. The van der Waals surface area contributed by atoms with Gasteiger partial charge < -0.3 is 5.11 Å². The Labute approximate surface area is 62.8 Å². The molecule has 1 fully saturated rings. The summed E-state index contributed by atoms with van der Waals surface area (Å²) in [5, 5.41) is 9.44. The van der Waals surface area contributed by atoms with Gasteiger partial charge in [-0.15, -0.1) is 0 Å². The molecule has 0 aromatic carbocycles. The molecule has 2 atom stereocenters. The predicted molar refractivity (Wildman–Crippen MR) is 41.9 cm³/mol. The molecule has 1 aliphatic heterocycles. The van der Waals surface area contributed by atoms with Crippen LogP contribution in [0.1, 0.15) is 26.7 Å². The van der Waals surface area contributed by atoms with Crippen LogP contribution in [0.25, 0.3) is 0 Å². The van der Waals surface area contributed by atoms with Crippen LogP contribution in [-0.4, -0.2) is 35.2 Å². The molecule has 0 spiro atoms. The number of piperidine rings is 1. The Morgan fingerprint density at radius 2 is 2.30 bits per heavy atom. The molecule has 1 aliphatic rings. The Kier molecular flexibility index (Phi) is 2.69. The first-order valence-electron chi connectivity index (χ1n) is 4.17. The monoisotopic (exact) mass is 143 g/mol. The van der Waals surface area contributed by atoms with Crippen molar-refractivity contribution in [1.29, 1.82) is 0 Å². The second-order valence-corrected chi connectivity index (χ2v) is 3.08. The fourth-order valence-corrected chi connectivity index (χ4v) is 1.64. The zero-order chi connectivity index (χ0) is 7.56. The summed E-state index contributed by atoms with van der Waals surface area (Å²) in [7, 11) is 0. The van der Waals surface area contributed by atoms with Crippen LogP contribution in [0, 0.1) is 0 Å². The lowest BCUT2D eigenvalue weighted by Gasteiger charge is -2.35. The molecular formula is C8H17NO. The van der Waals surface area contributed by atoms with Gasteiger partial charge in [0.1, 0.15) is 0 Å². The number of nitrogens with zero attached hydrogens (tertiary/aromatic N) is 1. The van der Waals surface area contributed by atoms with E-state index in [1.54, 1.807) is 0 Å². The van der Waals surface area contributed by atoms with Gasteiger partial charge in [0.25, 0.3) is 0 Å². The van der Waals surface area contributed by atoms with E-state index in [0.29, 0.717) is 6.04 Å². The Morgan fingerprint density at radius 3 is 2.80 bits per heavy atom. The molecule has 0 unspecified atom stereocenters. The zero-order valence-corrected chi connectivity index (χ0v) is 6.88. The van der Waals surface area contributed by atoms with E-state index < -0.39 is 0 Å². The standard InChI is InChI=1S/C8H17NO/c1-3-9-6-4-5-8(10)7(9)2/h7-8,10H,3-6H2,1-2H3/t7-,8-/m0/s1. The van der Waals surface area contributed by atoms with Crippen LogP contribution in [-0.2, 0) is 0 Å². The van der Waals surface area contributed by atoms with Crippen molar-refractivity contribution in [3.05, 3.63) is 0 Å². The highest BCUT2D eigenvalue weighted by Gasteiger charge is 2.24. The van der Waals surface area contributed by atoms with E-state index >= 15 is 0 Å². The molecule has 0 aliphatic carbocycles. The van der Waals surface area contributed by atoms with Crippen LogP contribution in [0.5, 0.6) is 0 Å². The largest absolute Gasteiger partial charge is 0.392 e. The molecule has 0 radical (unpaired) electrons. The van der Waals surface area contributed by atoms with Crippen molar-refractivity contribution >= 4 is 0 Å². The van der Waals surface area contributed by atoms with Crippen LogP contribution < -0.4 is 0 Å². The molecule has 0 amide bonds. The smallest absolute Gasteiger partial charge is 0.0693 e.